The maximum atomic E-state index is 13.9. The first kappa shape index (κ1) is 31.3. The van der Waals surface area contributed by atoms with Gasteiger partial charge in [0.1, 0.15) is 33.0 Å². The molecule has 4 rings (SSSR count). The van der Waals surface area contributed by atoms with E-state index in [4.69, 9.17) is 26.4 Å². The summed E-state index contributed by atoms with van der Waals surface area (Å²) in [5.41, 5.74) is 0.528. The van der Waals surface area contributed by atoms with Gasteiger partial charge in [0, 0.05) is 24.1 Å². The number of methoxy groups -OCH3 is 3. The van der Waals surface area contributed by atoms with Crippen molar-refractivity contribution in [1.82, 2.24) is 4.90 Å². The summed E-state index contributed by atoms with van der Waals surface area (Å²) in [6, 6.07) is 8.55. The highest BCUT2D eigenvalue weighted by atomic mass is 32.2. The Kier molecular flexibility index (Phi) is 9.51. The van der Waals surface area contributed by atoms with E-state index in [1.165, 1.54) is 62.6 Å². The fourth-order valence-electron chi connectivity index (χ4n) is 4.15. The van der Waals surface area contributed by atoms with Gasteiger partial charge < -0.3 is 29.7 Å². The van der Waals surface area contributed by atoms with Gasteiger partial charge in [0.15, 0.2) is 11.6 Å². The molecule has 1 saturated heterocycles. The van der Waals surface area contributed by atoms with E-state index < -0.39 is 29.4 Å². The molecule has 14 heteroatoms. The Bertz CT molecular complexity index is 1650. The Morgan fingerprint density at radius 3 is 2.28 bits per heavy atom. The molecule has 1 heterocycles. The third kappa shape index (κ3) is 6.70. The molecule has 0 radical (unpaired) electrons. The number of aromatic hydroxyl groups is 1. The molecule has 3 aromatic rings. The third-order valence-corrected chi connectivity index (χ3v) is 7.70. The second-order valence-electron chi connectivity index (χ2n) is 8.93. The molecule has 1 fully saturated rings. The Morgan fingerprint density at radius 1 is 1.02 bits per heavy atom. The number of phenolic OH excluding ortho intramolecular Hbond substituents is 1. The number of hydrogen-bond donors (Lipinski definition) is 3. The van der Waals surface area contributed by atoms with Crippen LogP contribution < -0.4 is 19.5 Å². The van der Waals surface area contributed by atoms with Gasteiger partial charge in [0.25, 0.3) is 5.91 Å². The number of hydrogen-bond acceptors (Lipinski definition) is 9. The Morgan fingerprint density at radius 2 is 1.70 bits per heavy atom. The lowest BCUT2D eigenvalue weighted by molar-refractivity contribution is -0.122. The minimum absolute atomic E-state index is 0.0690. The molecule has 0 spiro atoms. The number of phenols is 1. The van der Waals surface area contributed by atoms with E-state index in [0.29, 0.717) is 0 Å². The Labute approximate surface area is 253 Å². The summed E-state index contributed by atoms with van der Waals surface area (Å²) in [4.78, 5) is 38.8. The molecule has 0 aliphatic carbocycles. The summed E-state index contributed by atoms with van der Waals surface area (Å²) < 4.78 is 43.3. The number of halogens is 2. The molecule has 1 aliphatic rings. The van der Waals surface area contributed by atoms with E-state index in [1.54, 1.807) is 0 Å². The van der Waals surface area contributed by atoms with Gasteiger partial charge in [-0.2, -0.15) is 0 Å². The fraction of sp³-hybridized carbons (Fsp3) is 0.172. The number of nitrogens with zero attached hydrogens (tertiary/aromatic N) is 1. The first-order valence-electron chi connectivity index (χ1n) is 12.4. The number of carboxylic acid groups (broad SMARTS) is 1. The zero-order chi connectivity index (χ0) is 31.4. The summed E-state index contributed by atoms with van der Waals surface area (Å²) in [6.45, 7) is -0.0874. The monoisotopic (exact) mass is 630 g/mol. The summed E-state index contributed by atoms with van der Waals surface area (Å²) in [5.74, 6) is -4.26. The first-order valence-corrected chi connectivity index (χ1v) is 13.6. The molecule has 0 bridgehead atoms. The zero-order valence-electron chi connectivity index (χ0n) is 22.9. The van der Waals surface area contributed by atoms with Crippen LogP contribution in [0.1, 0.15) is 22.3 Å². The molecule has 0 aromatic heterocycles. The van der Waals surface area contributed by atoms with Crippen molar-refractivity contribution in [2.75, 3.05) is 33.2 Å². The molecular weight excluding hydrogens is 606 g/mol. The van der Waals surface area contributed by atoms with Crippen molar-refractivity contribution >= 4 is 57.8 Å². The highest BCUT2D eigenvalue weighted by Crippen LogP contribution is 2.41. The molecule has 224 valence electrons. The number of rotatable bonds is 10. The van der Waals surface area contributed by atoms with Gasteiger partial charge in [-0.25, -0.2) is 13.6 Å². The standard InChI is InChI=1S/C29H24F2N2O8S2/c1-39-17-8-15(26(35)18(13-17)14-4-5-19(30)20(31)9-14)12-23-27(36)33(29(42)43-23)7-6-24(34)32-25-21(40-2)10-16(28(37)38)11-22(25)41-3/h4-5,8-13,35H,6-7H2,1-3H3,(H,32,34)(H,37,38). The molecule has 0 atom stereocenters. The molecule has 1 aliphatic heterocycles. The number of aromatic carboxylic acids is 1. The van der Waals surface area contributed by atoms with Crippen molar-refractivity contribution in [3.8, 4) is 34.1 Å². The van der Waals surface area contributed by atoms with Crippen LogP contribution >= 0.6 is 24.0 Å². The van der Waals surface area contributed by atoms with Crippen LogP contribution in [0.15, 0.2) is 47.4 Å². The number of thiocarbonyl (C=S) groups is 1. The normalized spacial score (nSPS) is 13.8. The number of benzene rings is 3. The lowest BCUT2D eigenvalue weighted by Crippen LogP contribution is -2.31. The summed E-state index contributed by atoms with van der Waals surface area (Å²) in [5, 5.41) is 22.9. The van der Waals surface area contributed by atoms with E-state index in [2.05, 4.69) is 5.32 Å². The molecular formula is C29H24F2N2O8S2. The van der Waals surface area contributed by atoms with Gasteiger partial charge in [-0.05, 0) is 48.0 Å². The van der Waals surface area contributed by atoms with Gasteiger partial charge in [-0.1, -0.05) is 30.0 Å². The number of ether oxygens (including phenoxy) is 3. The maximum absolute atomic E-state index is 13.9. The summed E-state index contributed by atoms with van der Waals surface area (Å²) in [6.07, 6.45) is 1.21. The van der Waals surface area contributed by atoms with Gasteiger partial charge in [0.05, 0.1) is 31.8 Å². The van der Waals surface area contributed by atoms with E-state index in [-0.39, 0.29) is 73.1 Å². The van der Waals surface area contributed by atoms with Crippen LogP contribution in [0.25, 0.3) is 17.2 Å². The number of anilines is 1. The SMILES string of the molecule is COc1cc(C=C2SC(=S)N(CCC(=O)Nc3c(OC)cc(C(=O)O)cc3OC)C2=O)c(O)c(-c2ccc(F)c(F)c2)c1. The zero-order valence-corrected chi connectivity index (χ0v) is 24.5. The smallest absolute Gasteiger partial charge is 0.335 e. The number of thioether (sulfide) groups is 1. The van der Waals surface area contributed by atoms with Crippen molar-refractivity contribution in [1.29, 1.82) is 0 Å². The quantitative estimate of drug-likeness (QED) is 0.200. The lowest BCUT2D eigenvalue weighted by atomic mass is 10.00. The molecule has 2 amide bonds. The fourth-order valence-corrected chi connectivity index (χ4v) is 5.45. The second kappa shape index (κ2) is 13.1. The van der Waals surface area contributed by atoms with Crippen LogP contribution in [0.2, 0.25) is 0 Å². The number of amides is 2. The average Bonchev–Trinajstić information content (AvgIpc) is 3.25. The topological polar surface area (TPSA) is 135 Å². The first-order chi connectivity index (χ1) is 20.5. The second-order valence-corrected chi connectivity index (χ2v) is 10.6. The van der Waals surface area contributed by atoms with Crippen molar-refractivity contribution in [3.05, 3.63) is 70.1 Å². The molecule has 43 heavy (non-hydrogen) atoms. The van der Waals surface area contributed by atoms with E-state index >= 15 is 0 Å². The Hall–Kier alpha value is -4.69. The summed E-state index contributed by atoms with van der Waals surface area (Å²) in [7, 11) is 4.01. The van der Waals surface area contributed by atoms with Gasteiger partial charge in [0.2, 0.25) is 5.91 Å². The largest absolute Gasteiger partial charge is 0.507 e. The average molecular weight is 631 g/mol. The van der Waals surface area contributed by atoms with Crippen molar-refractivity contribution in [2.45, 2.75) is 6.42 Å². The summed E-state index contributed by atoms with van der Waals surface area (Å²) >= 11 is 6.31. The van der Waals surface area contributed by atoms with Crippen molar-refractivity contribution in [2.24, 2.45) is 0 Å². The Balaban J connectivity index is 1.53. The van der Waals surface area contributed by atoms with E-state index in [0.717, 1.165) is 23.9 Å². The molecule has 10 nitrogen and oxygen atoms in total. The molecule has 0 saturated carbocycles. The molecule has 3 N–H and O–H groups in total. The van der Waals surface area contributed by atoms with Crippen LogP contribution in [-0.4, -0.2) is 65.1 Å². The number of carboxylic acids is 1. The van der Waals surface area contributed by atoms with E-state index in [9.17, 15) is 33.4 Å². The van der Waals surface area contributed by atoms with Gasteiger partial charge in [-0.3, -0.25) is 14.5 Å². The lowest BCUT2D eigenvalue weighted by Gasteiger charge is -2.17. The number of nitrogens with one attached hydrogen (secondary N) is 1. The molecule has 0 unspecified atom stereocenters. The highest BCUT2D eigenvalue weighted by molar-refractivity contribution is 8.26. The van der Waals surface area contributed by atoms with Crippen LogP contribution in [-0.2, 0) is 9.59 Å². The maximum Gasteiger partial charge on any atom is 0.335 e. The van der Waals surface area contributed by atoms with Crippen molar-refractivity contribution < 1.29 is 47.6 Å². The van der Waals surface area contributed by atoms with Gasteiger partial charge in [-0.15, -0.1) is 0 Å². The number of carbonyl (C=O) groups excluding carboxylic acids is 2. The van der Waals surface area contributed by atoms with E-state index in [1.807, 2.05) is 0 Å². The number of carbonyl (C=O) groups is 3. The predicted octanol–water partition coefficient (Wildman–Crippen LogP) is 5.29. The molecule has 3 aromatic carbocycles. The highest BCUT2D eigenvalue weighted by Gasteiger charge is 2.33. The van der Waals surface area contributed by atoms with Crippen LogP contribution in [0.5, 0.6) is 23.0 Å². The minimum atomic E-state index is -1.21. The van der Waals surface area contributed by atoms with Gasteiger partial charge >= 0.3 is 5.97 Å². The third-order valence-electron chi connectivity index (χ3n) is 6.32. The minimum Gasteiger partial charge on any atom is -0.507 e. The van der Waals surface area contributed by atoms with Crippen LogP contribution in [0.3, 0.4) is 0 Å². The van der Waals surface area contributed by atoms with Crippen molar-refractivity contribution in [3.63, 3.8) is 0 Å². The van der Waals surface area contributed by atoms with Crippen LogP contribution in [0, 0.1) is 11.6 Å². The predicted molar refractivity (Wildman–Crippen MR) is 160 cm³/mol. The van der Waals surface area contributed by atoms with Crippen LogP contribution in [0.4, 0.5) is 14.5 Å².